The summed E-state index contributed by atoms with van der Waals surface area (Å²) in [4.78, 5) is 4.52. The first-order valence-corrected chi connectivity index (χ1v) is 8.66. The van der Waals surface area contributed by atoms with Crippen LogP contribution in [0.1, 0.15) is 36.2 Å². The van der Waals surface area contributed by atoms with Gasteiger partial charge >= 0.3 is 0 Å². The molecule has 1 aromatic heterocycles. The number of aromatic nitrogens is 1. The van der Waals surface area contributed by atoms with E-state index in [1.54, 1.807) is 0 Å². The summed E-state index contributed by atoms with van der Waals surface area (Å²) in [6.07, 6.45) is 3.85. The highest BCUT2D eigenvalue weighted by atomic mass is 127. The minimum absolute atomic E-state index is 0.244. The summed E-state index contributed by atoms with van der Waals surface area (Å²) < 4.78 is 1.08. The quantitative estimate of drug-likeness (QED) is 0.678. The lowest BCUT2D eigenvalue weighted by molar-refractivity contribution is 0.523. The van der Waals surface area contributed by atoms with Crippen molar-refractivity contribution in [1.29, 1.82) is 0 Å². The van der Waals surface area contributed by atoms with Gasteiger partial charge in [0.15, 0.2) is 0 Å². The molecule has 0 saturated heterocycles. The van der Waals surface area contributed by atoms with Crippen molar-refractivity contribution in [2.75, 3.05) is 6.54 Å². The summed E-state index contributed by atoms with van der Waals surface area (Å²) in [5, 5.41) is 4.42. The maximum absolute atomic E-state index is 6.28. The summed E-state index contributed by atoms with van der Waals surface area (Å²) >= 11 is 8.53. The van der Waals surface area contributed by atoms with E-state index in [1.165, 1.54) is 11.1 Å². The lowest BCUT2D eigenvalue weighted by Crippen LogP contribution is -2.24. The van der Waals surface area contributed by atoms with Crippen LogP contribution in [0.4, 0.5) is 0 Å². The molecule has 0 bridgehead atoms. The van der Waals surface area contributed by atoms with E-state index in [0.29, 0.717) is 0 Å². The second-order valence-corrected chi connectivity index (χ2v) is 6.72. The van der Waals surface area contributed by atoms with Gasteiger partial charge < -0.3 is 5.32 Å². The molecule has 1 atom stereocenters. The minimum Gasteiger partial charge on any atom is -0.310 e. The molecule has 1 aromatic carbocycles. The Kier molecular flexibility index (Phi) is 6.45. The van der Waals surface area contributed by atoms with Crippen LogP contribution < -0.4 is 5.32 Å². The van der Waals surface area contributed by atoms with Crippen LogP contribution in [0.25, 0.3) is 0 Å². The van der Waals surface area contributed by atoms with E-state index in [2.05, 4.69) is 71.0 Å². The molecule has 1 unspecified atom stereocenters. The molecule has 1 N–H and O–H groups in total. The van der Waals surface area contributed by atoms with E-state index in [1.807, 2.05) is 12.3 Å². The van der Waals surface area contributed by atoms with Crippen LogP contribution in [0, 0.1) is 10.5 Å². The van der Waals surface area contributed by atoms with E-state index >= 15 is 0 Å². The van der Waals surface area contributed by atoms with Crippen molar-refractivity contribution >= 4 is 34.2 Å². The van der Waals surface area contributed by atoms with Crippen LogP contribution in [0.5, 0.6) is 0 Å². The van der Waals surface area contributed by atoms with Crippen LogP contribution in [-0.2, 0) is 6.42 Å². The number of nitrogens with zero attached hydrogens (tertiary/aromatic N) is 1. The maximum Gasteiger partial charge on any atom is 0.0542 e. The number of pyridine rings is 1. The number of rotatable bonds is 6. The van der Waals surface area contributed by atoms with Crippen molar-refractivity contribution in [1.82, 2.24) is 10.3 Å². The zero-order chi connectivity index (χ0) is 15.2. The summed E-state index contributed by atoms with van der Waals surface area (Å²) in [6, 6.07) is 10.6. The van der Waals surface area contributed by atoms with Crippen LogP contribution in [0.2, 0.25) is 5.02 Å². The molecule has 2 aromatic rings. The highest BCUT2D eigenvalue weighted by Crippen LogP contribution is 2.25. The Morgan fingerprint density at radius 1 is 1.33 bits per heavy atom. The third kappa shape index (κ3) is 4.66. The molecule has 0 saturated carbocycles. The summed E-state index contributed by atoms with van der Waals surface area (Å²) in [7, 11) is 0. The van der Waals surface area contributed by atoms with Crippen molar-refractivity contribution in [3.63, 3.8) is 0 Å². The number of nitrogens with one attached hydrogen (secondary N) is 1. The molecule has 0 aliphatic heterocycles. The van der Waals surface area contributed by atoms with E-state index in [9.17, 15) is 0 Å². The van der Waals surface area contributed by atoms with Gasteiger partial charge in [-0.3, -0.25) is 4.98 Å². The molecule has 0 aliphatic rings. The highest BCUT2D eigenvalue weighted by molar-refractivity contribution is 14.1. The van der Waals surface area contributed by atoms with E-state index in [-0.39, 0.29) is 6.04 Å². The lowest BCUT2D eigenvalue weighted by atomic mass is 9.99. The van der Waals surface area contributed by atoms with Crippen LogP contribution in [-0.4, -0.2) is 11.5 Å². The van der Waals surface area contributed by atoms with Gasteiger partial charge in [0.2, 0.25) is 0 Å². The third-order valence-corrected chi connectivity index (χ3v) is 5.07. The Balaban J connectivity index is 2.25. The number of hydrogen-bond donors (Lipinski definition) is 1. The van der Waals surface area contributed by atoms with Crippen molar-refractivity contribution in [3.05, 3.63) is 61.9 Å². The third-order valence-electron chi connectivity index (χ3n) is 3.50. The minimum atomic E-state index is 0.244. The predicted molar refractivity (Wildman–Crippen MR) is 97.9 cm³/mol. The number of halogens is 2. The number of aryl methyl sites for hydroxylation is 1. The van der Waals surface area contributed by atoms with Crippen LogP contribution in [0.3, 0.4) is 0 Å². The van der Waals surface area contributed by atoms with Crippen LogP contribution >= 0.6 is 34.2 Å². The molecule has 0 radical (unpaired) electrons. The number of benzene rings is 1. The van der Waals surface area contributed by atoms with Gasteiger partial charge in [-0.05, 0) is 71.8 Å². The SMILES string of the molecule is CCCNC(Cc1ncccc1C)c1ccc(I)c(Cl)c1. The normalized spacial score (nSPS) is 12.4. The smallest absolute Gasteiger partial charge is 0.0542 e. The van der Waals surface area contributed by atoms with E-state index in [0.717, 1.165) is 33.7 Å². The molecule has 4 heteroatoms. The average molecular weight is 415 g/mol. The first-order chi connectivity index (χ1) is 10.1. The van der Waals surface area contributed by atoms with E-state index < -0.39 is 0 Å². The van der Waals surface area contributed by atoms with Gasteiger partial charge in [0, 0.05) is 27.9 Å². The standard InChI is InChI=1S/C17H20ClIN2/c1-3-8-20-17(11-16-12(2)5-4-9-21-16)13-6-7-15(19)14(18)10-13/h4-7,9-10,17,20H,3,8,11H2,1-2H3. The zero-order valence-corrected chi connectivity index (χ0v) is 15.3. The van der Waals surface area contributed by atoms with Crippen molar-refractivity contribution < 1.29 is 0 Å². The average Bonchev–Trinajstić information content (AvgIpc) is 2.48. The van der Waals surface area contributed by atoms with E-state index in [4.69, 9.17) is 11.6 Å². The molecule has 0 amide bonds. The Hall–Kier alpha value is -0.650. The molecular weight excluding hydrogens is 395 g/mol. The molecule has 21 heavy (non-hydrogen) atoms. The van der Waals surface area contributed by atoms with Crippen LogP contribution in [0.15, 0.2) is 36.5 Å². The molecule has 2 rings (SSSR count). The largest absolute Gasteiger partial charge is 0.310 e. The maximum atomic E-state index is 6.28. The fourth-order valence-electron chi connectivity index (χ4n) is 2.28. The van der Waals surface area contributed by atoms with Gasteiger partial charge in [-0.2, -0.15) is 0 Å². The second kappa shape index (κ2) is 8.11. The Morgan fingerprint density at radius 3 is 2.81 bits per heavy atom. The fourth-order valence-corrected chi connectivity index (χ4v) is 2.81. The molecular formula is C17H20ClIN2. The summed E-state index contributed by atoms with van der Waals surface area (Å²) in [6.45, 7) is 5.28. The Bertz CT molecular complexity index is 601. The Morgan fingerprint density at radius 2 is 2.14 bits per heavy atom. The summed E-state index contributed by atoms with van der Waals surface area (Å²) in [5.41, 5.74) is 3.59. The van der Waals surface area contributed by atoms with Crippen molar-refractivity contribution in [3.8, 4) is 0 Å². The molecule has 0 fully saturated rings. The Labute approximate surface area is 145 Å². The van der Waals surface area contributed by atoms with Crippen molar-refractivity contribution in [2.45, 2.75) is 32.7 Å². The van der Waals surface area contributed by atoms with Gasteiger partial charge in [0.25, 0.3) is 0 Å². The molecule has 2 nitrogen and oxygen atoms in total. The van der Waals surface area contributed by atoms with Crippen molar-refractivity contribution in [2.24, 2.45) is 0 Å². The highest BCUT2D eigenvalue weighted by Gasteiger charge is 2.14. The molecule has 112 valence electrons. The topological polar surface area (TPSA) is 24.9 Å². The summed E-state index contributed by atoms with van der Waals surface area (Å²) in [5.74, 6) is 0. The zero-order valence-electron chi connectivity index (χ0n) is 12.4. The monoisotopic (exact) mass is 414 g/mol. The van der Waals surface area contributed by atoms with Gasteiger partial charge in [-0.25, -0.2) is 0 Å². The first kappa shape index (κ1) is 16.7. The van der Waals surface area contributed by atoms with Gasteiger partial charge in [0.05, 0.1) is 5.02 Å². The van der Waals surface area contributed by atoms with Gasteiger partial charge in [0.1, 0.15) is 0 Å². The lowest BCUT2D eigenvalue weighted by Gasteiger charge is -2.20. The fraction of sp³-hybridized carbons (Fsp3) is 0.353. The van der Waals surface area contributed by atoms with Gasteiger partial charge in [-0.1, -0.05) is 30.7 Å². The number of hydrogen-bond acceptors (Lipinski definition) is 2. The predicted octanol–water partition coefficient (Wildman–Crippen LogP) is 4.93. The molecule has 0 aliphatic carbocycles. The molecule has 1 heterocycles. The molecule has 0 spiro atoms. The second-order valence-electron chi connectivity index (χ2n) is 5.15. The first-order valence-electron chi connectivity index (χ1n) is 7.20. The van der Waals surface area contributed by atoms with Gasteiger partial charge in [-0.15, -0.1) is 0 Å².